The average molecular weight is 231 g/mol. The maximum Gasteiger partial charge on any atom is 0.0199 e. The van der Waals surface area contributed by atoms with Gasteiger partial charge < -0.3 is 5.32 Å². The number of hydrogen-bond donors (Lipinski definition) is 1. The van der Waals surface area contributed by atoms with Crippen LogP contribution in [0.25, 0.3) is 0 Å². The molecule has 0 bridgehead atoms. The van der Waals surface area contributed by atoms with Gasteiger partial charge in [-0.15, -0.1) is 0 Å². The van der Waals surface area contributed by atoms with E-state index in [9.17, 15) is 0 Å². The van der Waals surface area contributed by atoms with E-state index in [0.717, 1.165) is 6.42 Å². The molecule has 0 aromatic carbocycles. The van der Waals surface area contributed by atoms with Crippen molar-refractivity contribution in [2.75, 3.05) is 0 Å². The molecule has 1 aliphatic carbocycles. The summed E-state index contributed by atoms with van der Waals surface area (Å²) >= 11 is 0. The monoisotopic (exact) mass is 231 g/mol. The largest absolute Gasteiger partial charge is 0.388 e. The van der Waals surface area contributed by atoms with Crippen LogP contribution in [0.4, 0.5) is 0 Å². The fraction of sp³-hybridized carbons (Fsp3) is 0.500. The fourth-order valence-electron chi connectivity index (χ4n) is 1.95. The molecule has 0 atom stereocenters. The summed E-state index contributed by atoms with van der Waals surface area (Å²) in [5.74, 6) is 0.510. The van der Waals surface area contributed by atoms with E-state index in [1.807, 2.05) is 0 Å². The minimum absolute atomic E-state index is 0.471. The molecule has 1 nitrogen and oxygen atoms in total. The van der Waals surface area contributed by atoms with Crippen LogP contribution in [0.1, 0.15) is 41.0 Å². The van der Waals surface area contributed by atoms with Crippen molar-refractivity contribution in [2.24, 2.45) is 5.92 Å². The van der Waals surface area contributed by atoms with Gasteiger partial charge in [0.15, 0.2) is 0 Å². The Morgan fingerprint density at radius 3 is 2.41 bits per heavy atom. The van der Waals surface area contributed by atoms with Crippen LogP contribution in [-0.4, -0.2) is 6.04 Å². The molecule has 0 saturated carbocycles. The molecule has 0 aliphatic heterocycles. The van der Waals surface area contributed by atoms with Gasteiger partial charge in [-0.2, -0.15) is 0 Å². The third kappa shape index (κ3) is 3.92. The van der Waals surface area contributed by atoms with Crippen LogP contribution in [0.5, 0.6) is 0 Å². The maximum atomic E-state index is 4.20. The van der Waals surface area contributed by atoms with Crippen molar-refractivity contribution < 1.29 is 0 Å². The lowest BCUT2D eigenvalue weighted by molar-refractivity contribution is 0.680. The average Bonchev–Trinajstić information content (AvgIpc) is 2.20. The summed E-state index contributed by atoms with van der Waals surface area (Å²) < 4.78 is 0. The van der Waals surface area contributed by atoms with E-state index in [4.69, 9.17) is 0 Å². The van der Waals surface area contributed by atoms with Crippen LogP contribution in [-0.2, 0) is 0 Å². The van der Waals surface area contributed by atoms with E-state index in [1.54, 1.807) is 0 Å². The van der Waals surface area contributed by atoms with Crippen LogP contribution in [0.3, 0.4) is 0 Å². The molecule has 0 spiro atoms. The van der Waals surface area contributed by atoms with Crippen molar-refractivity contribution in [2.45, 2.75) is 47.1 Å². The first kappa shape index (κ1) is 13.8. The Morgan fingerprint density at radius 2 is 1.94 bits per heavy atom. The molecule has 0 aromatic heterocycles. The van der Waals surface area contributed by atoms with E-state index < -0.39 is 0 Å². The Hall–Kier alpha value is -1.24. The maximum absolute atomic E-state index is 4.20. The lowest BCUT2D eigenvalue weighted by Gasteiger charge is -2.21. The Labute approximate surface area is 106 Å². The highest BCUT2D eigenvalue weighted by atomic mass is 14.9. The number of hydrogen-bond acceptors (Lipinski definition) is 1. The highest BCUT2D eigenvalue weighted by Crippen LogP contribution is 2.31. The molecule has 0 unspecified atom stereocenters. The fourth-order valence-corrected chi connectivity index (χ4v) is 1.95. The summed E-state index contributed by atoms with van der Waals surface area (Å²) in [6, 6.07) is 0.471. The molecule has 0 amide bonds. The highest BCUT2D eigenvalue weighted by molar-refractivity contribution is 5.52. The van der Waals surface area contributed by atoms with Crippen molar-refractivity contribution in [1.29, 1.82) is 0 Å². The lowest BCUT2D eigenvalue weighted by Crippen LogP contribution is -2.18. The normalized spacial score (nSPS) is 17.4. The number of allylic oxidation sites excluding steroid dienone is 6. The molecular formula is C16H25N. The SMILES string of the molecule is C=C1CC(C)=CC=C1/C(=C/NC(C)C)C(C)C. The van der Waals surface area contributed by atoms with Gasteiger partial charge in [0.2, 0.25) is 0 Å². The standard InChI is InChI=1S/C16H25N/c1-11(2)16(10-17-12(3)4)15-8-7-13(5)9-14(15)6/h7-8,10-12,17H,6,9H2,1-5H3/b16-10+. The van der Waals surface area contributed by atoms with E-state index in [1.165, 1.54) is 22.3 Å². The van der Waals surface area contributed by atoms with Crippen molar-refractivity contribution in [3.63, 3.8) is 0 Å². The van der Waals surface area contributed by atoms with Gasteiger partial charge in [-0.25, -0.2) is 0 Å². The Bertz CT molecular complexity index is 378. The van der Waals surface area contributed by atoms with Gasteiger partial charge in [-0.05, 0) is 49.8 Å². The summed E-state index contributed by atoms with van der Waals surface area (Å²) in [7, 11) is 0. The van der Waals surface area contributed by atoms with E-state index >= 15 is 0 Å². The van der Waals surface area contributed by atoms with Crippen LogP contribution in [0.2, 0.25) is 0 Å². The van der Waals surface area contributed by atoms with Gasteiger partial charge in [0, 0.05) is 12.2 Å². The van der Waals surface area contributed by atoms with Crippen LogP contribution in [0.15, 0.2) is 47.2 Å². The molecule has 94 valence electrons. The molecule has 17 heavy (non-hydrogen) atoms. The Kier molecular flexibility index (Phi) is 4.80. The third-order valence-corrected chi connectivity index (χ3v) is 2.91. The van der Waals surface area contributed by atoms with Gasteiger partial charge in [-0.3, -0.25) is 0 Å². The van der Waals surface area contributed by atoms with Gasteiger partial charge in [0.25, 0.3) is 0 Å². The van der Waals surface area contributed by atoms with Crippen LogP contribution in [0, 0.1) is 5.92 Å². The second-order valence-corrected chi connectivity index (χ2v) is 5.45. The smallest absolute Gasteiger partial charge is 0.0199 e. The molecule has 0 heterocycles. The van der Waals surface area contributed by atoms with E-state index in [0.29, 0.717) is 12.0 Å². The van der Waals surface area contributed by atoms with Gasteiger partial charge in [0.05, 0.1) is 0 Å². The summed E-state index contributed by atoms with van der Waals surface area (Å²) in [5, 5.41) is 3.39. The molecule has 0 saturated heterocycles. The van der Waals surface area contributed by atoms with Crippen molar-refractivity contribution in [3.8, 4) is 0 Å². The summed E-state index contributed by atoms with van der Waals surface area (Å²) in [5.41, 5.74) is 5.28. The minimum Gasteiger partial charge on any atom is -0.388 e. The Balaban J connectivity index is 2.99. The van der Waals surface area contributed by atoms with Crippen molar-refractivity contribution in [1.82, 2.24) is 5.32 Å². The first-order valence-corrected chi connectivity index (χ1v) is 6.44. The zero-order valence-corrected chi connectivity index (χ0v) is 11.8. The second-order valence-electron chi connectivity index (χ2n) is 5.45. The molecule has 1 heteroatoms. The zero-order chi connectivity index (χ0) is 13.0. The van der Waals surface area contributed by atoms with Gasteiger partial charge in [-0.1, -0.05) is 38.2 Å². The predicted molar refractivity (Wildman–Crippen MR) is 76.8 cm³/mol. The van der Waals surface area contributed by atoms with Crippen molar-refractivity contribution in [3.05, 3.63) is 47.2 Å². The number of rotatable bonds is 4. The first-order chi connectivity index (χ1) is 7.91. The second kappa shape index (κ2) is 5.90. The summed E-state index contributed by atoms with van der Waals surface area (Å²) in [4.78, 5) is 0. The number of nitrogens with one attached hydrogen (secondary N) is 1. The summed E-state index contributed by atoms with van der Waals surface area (Å²) in [6.07, 6.45) is 7.56. The minimum atomic E-state index is 0.471. The van der Waals surface area contributed by atoms with Gasteiger partial charge in [0.1, 0.15) is 0 Å². The topological polar surface area (TPSA) is 12.0 Å². The molecule has 1 rings (SSSR count). The first-order valence-electron chi connectivity index (χ1n) is 6.44. The van der Waals surface area contributed by atoms with Gasteiger partial charge >= 0.3 is 0 Å². The van der Waals surface area contributed by atoms with Crippen LogP contribution >= 0.6 is 0 Å². The molecule has 1 aliphatic rings. The Morgan fingerprint density at radius 1 is 1.29 bits per heavy atom. The highest BCUT2D eigenvalue weighted by Gasteiger charge is 2.15. The van der Waals surface area contributed by atoms with E-state index in [-0.39, 0.29) is 0 Å². The third-order valence-electron chi connectivity index (χ3n) is 2.91. The lowest BCUT2D eigenvalue weighted by atomic mass is 9.85. The zero-order valence-electron chi connectivity index (χ0n) is 11.8. The molecule has 0 fully saturated rings. The predicted octanol–water partition coefficient (Wildman–Crippen LogP) is 4.36. The molecular weight excluding hydrogens is 206 g/mol. The van der Waals surface area contributed by atoms with Crippen molar-refractivity contribution >= 4 is 0 Å². The molecule has 1 N–H and O–H groups in total. The molecule has 0 aromatic rings. The van der Waals surface area contributed by atoms with Crippen LogP contribution < -0.4 is 5.32 Å². The molecule has 0 radical (unpaired) electrons. The quantitative estimate of drug-likeness (QED) is 0.758. The summed E-state index contributed by atoms with van der Waals surface area (Å²) in [6.45, 7) is 15.1. The van der Waals surface area contributed by atoms with E-state index in [2.05, 4.69) is 64.9 Å².